The molecule has 0 spiro atoms. The molecular weight excluding hydrogens is 430 g/mol. The quantitative estimate of drug-likeness (QED) is 0.477. The van der Waals surface area contributed by atoms with E-state index in [4.69, 9.17) is 0 Å². The average molecular weight is 452 g/mol. The average Bonchev–Trinajstić information content (AvgIpc) is 3.30. The van der Waals surface area contributed by atoms with Crippen molar-refractivity contribution in [2.24, 2.45) is 0 Å². The lowest BCUT2D eigenvalue weighted by Crippen LogP contribution is -2.49. The van der Waals surface area contributed by atoms with Crippen LogP contribution in [0.3, 0.4) is 0 Å². The van der Waals surface area contributed by atoms with Gasteiger partial charge in [-0.15, -0.1) is 0 Å². The van der Waals surface area contributed by atoms with Crippen LogP contribution in [0, 0.1) is 21.7 Å². The van der Waals surface area contributed by atoms with Gasteiger partial charge in [0.1, 0.15) is 11.6 Å². The molecule has 5 rings (SSSR count). The van der Waals surface area contributed by atoms with Crippen molar-refractivity contribution >= 4 is 27.7 Å². The summed E-state index contributed by atoms with van der Waals surface area (Å²) < 4.78 is 26.9. The Kier molecular flexibility index (Phi) is 5.41. The molecule has 1 atom stereocenters. The van der Waals surface area contributed by atoms with Crippen LogP contribution < -0.4 is 10.5 Å². The number of pyridine rings is 1. The van der Waals surface area contributed by atoms with E-state index in [-0.39, 0.29) is 22.6 Å². The Morgan fingerprint density at radius 2 is 1.70 bits per heavy atom. The number of nitro groups is 1. The molecule has 9 heteroatoms. The number of fused-ring (bicyclic) bond motifs is 1. The Morgan fingerprint density at radius 3 is 2.39 bits per heavy atom. The first kappa shape index (κ1) is 21.3. The van der Waals surface area contributed by atoms with Gasteiger partial charge in [-0.1, -0.05) is 6.08 Å². The maximum atomic E-state index is 13.8. The minimum Gasteiger partial charge on any atom is -0.369 e. The predicted molar refractivity (Wildman–Crippen MR) is 122 cm³/mol. The van der Waals surface area contributed by atoms with Crippen LogP contribution in [0.4, 0.5) is 20.2 Å². The molecule has 1 aliphatic carbocycles. The number of nitrogens with zero attached hydrogens (tertiary/aromatic N) is 3. The Morgan fingerprint density at radius 1 is 0.970 bits per heavy atom. The monoisotopic (exact) mass is 452 g/mol. The van der Waals surface area contributed by atoms with Crippen LogP contribution in [-0.4, -0.2) is 47.0 Å². The highest BCUT2D eigenvalue weighted by molar-refractivity contribution is 5.92. The second kappa shape index (κ2) is 8.40. The maximum Gasteiger partial charge on any atom is 0.280 e. The number of hydrogen-bond acceptors (Lipinski definition) is 5. The van der Waals surface area contributed by atoms with Crippen LogP contribution in [0.1, 0.15) is 18.5 Å². The Balaban J connectivity index is 1.36. The van der Waals surface area contributed by atoms with Crippen molar-refractivity contribution in [2.75, 3.05) is 31.1 Å². The molecule has 0 amide bonds. The number of H-pyrrole nitrogens is 1. The number of nitro benzene ring substituents is 1. The van der Waals surface area contributed by atoms with Crippen molar-refractivity contribution in [3.05, 3.63) is 86.3 Å². The highest BCUT2D eigenvalue weighted by Crippen LogP contribution is 2.33. The van der Waals surface area contributed by atoms with E-state index in [9.17, 15) is 23.7 Å². The highest BCUT2D eigenvalue weighted by Gasteiger charge is 2.27. The minimum absolute atomic E-state index is 0.0301. The smallest absolute Gasteiger partial charge is 0.280 e. The third kappa shape index (κ3) is 4.11. The van der Waals surface area contributed by atoms with Crippen molar-refractivity contribution in [3.8, 4) is 0 Å². The number of piperazine rings is 1. The SMILES string of the molecule is O=c1[nH]c(C2=C[C@H](N3CCN(c4ccc(F)cc4)CC3)CC2)cc2c([N+](=O)[O-])cc(F)cc12. The van der Waals surface area contributed by atoms with E-state index in [2.05, 4.69) is 20.9 Å². The molecule has 1 fully saturated rings. The highest BCUT2D eigenvalue weighted by atomic mass is 19.1. The number of nitrogens with one attached hydrogen (secondary N) is 1. The van der Waals surface area contributed by atoms with Crippen LogP contribution in [-0.2, 0) is 0 Å². The van der Waals surface area contributed by atoms with Gasteiger partial charge in [0.2, 0.25) is 0 Å². The third-order valence-corrected chi connectivity index (χ3v) is 6.53. The maximum absolute atomic E-state index is 13.8. The molecule has 2 aromatic carbocycles. The van der Waals surface area contributed by atoms with E-state index in [0.717, 1.165) is 62.4 Å². The van der Waals surface area contributed by atoms with Gasteiger partial charge >= 0.3 is 0 Å². The molecule has 1 N–H and O–H groups in total. The first-order chi connectivity index (χ1) is 15.9. The molecule has 1 aliphatic heterocycles. The van der Waals surface area contributed by atoms with Crippen molar-refractivity contribution < 1.29 is 13.7 Å². The van der Waals surface area contributed by atoms with E-state index in [1.54, 1.807) is 18.2 Å². The molecule has 33 heavy (non-hydrogen) atoms. The number of anilines is 1. The molecule has 1 saturated heterocycles. The van der Waals surface area contributed by atoms with Gasteiger partial charge < -0.3 is 9.88 Å². The van der Waals surface area contributed by atoms with E-state index in [1.165, 1.54) is 12.1 Å². The zero-order valence-electron chi connectivity index (χ0n) is 17.8. The summed E-state index contributed by atoms with van der Waals surface area (Å²) in [4.78, 5) is 30.7. The minimum atomic E-state index is -0.813. The molecule has 2 heterocycles. The van der Waals surface area contributed by atoms with Crippen molar-refractivity contribution in [3.63, 3.8) is 0 Å². The Bertz CT molecular complexity index is 1310. The number of rotatable bonds is 4. The molecule has 7 nitrogen and oxygen atoms in total. The van der Waals surface area contributed by atoms with Gasteiger partial charge in [-0.2, -0.15) is 0 Å². The van der Waals surface area contributed by atoms with Crippen LogP contribution in [0.25, 0.3) is 16.3 Å². The fraction of sp³-hybridized carbons (Fsp3) is 0.292. The summed E-state index contributed by atoms with van der Waals surface area (Å²) in [5.41, 5.74) is 1.52. The fourth-order valence-electron chi connectivity index (χ4n) is 4.82. The van der Waals surface area contributed by atoms with Crippen LogP contribution in [0.5, 0.6) is 0 Å². The standard InChI is InChI=1S/C24H22F2N4O3/c25-16-2-5-18(6-3-16)28-7-9-29(10-8-28)19-4-1-15(11-19)22-14-20-21(24(31)27-22)12-17(26)13-23(20)30(32)33/h2-3,5-6,11-14,19H,1,4,7-10H2,(H,27,31)/t19-/m1/s1. The molecule has 2 aliphatic rings. The van der Waals surface area contributed by atoms with Gasteiger partial charge in [0, 0.05) is 43.6 Å². The molecule has 170 valence electrons. The van der Waals surface area contributed by atoms with Gasteiger partial charge in [0.15, 0.2) is 0 Å². The number of aromatic amines is 1. The first-order valence-corrected chi connectivity index (χ1v) is 10.9. The summed E-state index contributed by atoms with van der Waals surface area (Å²) in [5.74, 6) is -1.06. The summed E-state index contributed by atoms with van der Waals surface area (Å²) in [6, 6.07) is 10.2. The Hall–Kier alpha value is -3.59. The first-order valence-electron chi connectivity index (χ1n) is 10.9. The number of allylic oxidation sites excluding steroid dienone is 1. The fourth-order valence-corrected chi connectivity index (χ4v) is 4.82. The van der Waals surface area contributed by atoms with Crippen LogP contribution >= 0.6 is 0 Å². The topological polar surface area (TPSA) is 82.5 Å². The molecule has 0 unspecified atom stereocenters. The molecular formula is C24H22F2N4O3. The third-order valence-electron chi connectivity index (χ3n) is 6.53. The molecule has 0 bridgehead atoms. The van der Waals surface area contributed by atoms with E-state index in [1.807, 2.05) is 0 Å². The summed E-state index contributed by atoms with van der Waals surface area (Å²) in [5, 5.41) is 11.5. The lowest BCUT2D eigenvalue weighted by atomic mass is 10.1. The second-order valence-electron chi connectivity index (χ2n) is 8.45. The van der Waals surface area contributed by atoms with E-state index in [0.29, 0.717) is 5.69 Å². The van der Waals surface area contributed by atoms with Crippen LogP contribution in [0.15, 0.2) is 53.3 Å². The van der Waals surface area contributed by atoms with Gasteiger partial charge in [-0.05, 0) is 54.8 Å². The number of hydrogen-bond donors (Lipinski definition) is 1. The summed E-state index contributed by atoms with van der Waals surface area (Å²) >= 11 is 0. The van der Waals surface area contributed by atoms with Gasteiger partial charge in [-0.3, -0.25) is 19.8 Å². The predicted octanol–water partition coefficient (Wildman–Crippen LogP) is 4.08. The second-order valence-corrected chi connectivity index (χ2v) is 8.45. The molecule has 0 saturated carbocycles. The normalized spacial score (nSPS) is 19.2. The number of non-ortho nitro benzene ring substituents is 1. The van der Waals surface area contributed by atoms with Gasteiger partial charge in [0.25, 0.3) is 11.2 Å². The number of aromatic nitrogens is 1. The zero-order chi connectivity index (χ0) is 23.1. The van der Waals surface area contributed by atoms with E-state index < -0.39 is 22.0 Å². The molecule has 0 radical (unpaired) electrons. The van der Waals surface area contributed by atoms with Crippen molar-refractivity contribution in [1.29, 1.82) is 0 Å². The van der Waals surface area contributed by atoms with Crippen molar-refractivity contribution in [1.82, 2.24) is 9.88 Å². The lowest BCUT2D eigenvalue weighted by molar-refractivity contribution is -0.383. The zero-order valence-corrected chi connectivity index (χ0v) is 17.8. The summed E-state index contributed by atoms with van der Waals surface area (Å²) in [6.07, 6.45) is 3.73. The van der Waals surface area contributed by atoms with E-state index >= 15 is 0 Å². The Labute approximate surface area is 188 Å². The van der Waals surface area contributed by atoms with Crippen LogP contribution in [0.2, 0.25) is 0 Å². The van der Waals surface area contributed by atoms with Gasteiger partial charge in [0.05, 0.1) is 21.8 Å². The lowest BCUT2D eigenvalue weighted by Gasteiger charge is -2.38. The van der Waals surface area contributed by atoms with Crippen molar-refractivity contribution in [2.45, 2.75) is 18.9 Å². The number of benzene rings is 2. The molecule has 3 aromatic rings. The largest absolute Gasteiger partial charge is 0.369 e. The summed E-state index contributed by atoms with van der Waals surface area (Å²) in [6.45, 7) is 3.36. The number of halogens is 2. The van der Waals surface area contributed by atoms with Gasteiger partial charge in [-0.25, -0.2) is 8.78 Å². The summed E-state index contributed by atoms with van der Waals surface area (Å²) in [7, 11) is 0. The molecule has 1 aromatic heterocycles.